The third-order valence-corrected chi connectivity index (χ3v) is 5.69. The minimum absolute atomic E-state index is 0.0574. The average molecular weight is 360 g/mol. The van der Waals surface area contributed by atoms with Gasteiger partial charge in [-0.3, -0.25) is 4.79 Å². The summed E-state index contributed by atoms with van der Waals surface area (Å²) in [5.74, 6) is 0.331. The minimum atomic E-state index is -0.251. The van der Waals surface area contributed by atoms with Gasteiger partial charge in [0.05, 0.1) is 10.2 Å². The fourth-order valence-electron chi connectivity index (χ4n) is 2.25. The molecule has 0 aliphatic heterocycles. The van der Waals surface area contributed by atoms with E-state index in [4.69, 9.17) is 0 Å². The fraction of sp³-hybridized carbons (Fsp3) is 0.222. The van der Waals surface area contributed by atoms with E-state index >= 15 is 0 Å². The summed E-state index contributed by atoms with van der Waals surface area (Å²) >= 11 is 3.02. The number of aromatic nitrogens is 1. The number of benzene rings is 2. The van der Waals surface area contributed by atoms with Gasteiger partial charge in [-0.1, -0.05) is 17.4 Å². The van der Waals surface area contributed by atoms with Crippen LogP contribution in [0.25, 0.3) is 10.2 Å². The number of amides is 1. The lowest BCUT2D eigenvalue weighted by atomic mass is 10.1. The van der Waals surface area contributed by atoms with Gasteiger partial charge < -0.3 is 5.32 Å². The third kappa shape index (κ3) is 3.94. The normalized spacial score (nSPS) is 11.0. The standard InChI is InChI=1S/C18H17FN2OS2/c1-11-3-8-15-17(12(11)2)21-18(24-15)20-16(22)9-10-23-14-6-4-13(19)5-7-14/h3-8H,9-10H2,1-2H3,(H,20,21,22). The summed E-state index contributed by atoms with van der Waals surface area (Å²) in [7, 11) is 0. The van der Waals surface area contributed by atoms with Crippen molar-refractivity contribution < 1.29 is 9.18 Å². The van der Waals surface area contributed by atoms with Crippen LogP contribution in [0, 0.1) is 19.7 Å². The number of thioether (sulfide) groups is 1. The van der Waals surface area contributed by atoms with E-state index in [2.05, 4.69) is 23.3 Å². The molecule has 0 atom stereocenters. The molecule has 24 heavy (non-hydrogen) atoms. The van der Waals surface area contributed by atoms with E-state index in [0.29, 0.717) is 17.3 Å². The summed E-state index contributed by atoms with van der Waals surface area (Å²) in [4.78, 5) is 17.5. The van der Waals surface area contributed by atoms with E-state index in [9.17, 15) is 9.18 Å². The second kappa shape index (κ2) is 7.32. The van der Waals surface area contributed by atoms with Crippen molar-refractivity contribution in [3.05, 3.63) is 53.3 Å². The van der Waals surface area contributed by atoms with Gasteiger partial charge in [0.15, 0.2) is 5.13 Å². The molecule has 0 radical (unpaired) electrons. The van der Waals surface area contributed by atoms with E-state index in [0.717, 1.165) is 20.7 Å². The van der Waals surface area contributed by atoms with Crippen LogP contribution >= 0.6 is 23.1 Å². The Labute approximate surface area is 148 Å². The van der Waals surface area contributed by atoms with Gasteiger partial charge >= 0.3 is 0 Å². The molecule has 1 amide bonds. The van der Waals surface area contributed by atoms with Crippen molar-refractivity contribution in [1.82, 2.24) is 4.98 Å². The molecule has 0 aliphatic rings. The molecule has 124 valence electrons. The maximum Gasteiger partial charge on any atom is 0.226 e. The zero-order valence-electron chi connectivity index (χ0n) is 13.4. The Morgan fingerprint density at radius 3 is 2.71 bits per heavy atom. The third-order valence-electron chi connectivity index (χ3n) is 3.74. The molecule has 3 nitrogen and oxygen atoms in total. The lowest BCUT2D eigenvalue weighted by molar-refractivity contribution is -0.115. The number of carbonyl (C=O) groups is 1. The first-order valence-electron chi connectivity index (χ1n) is 7.58. The van der Waals surface area contributed by atoms with Crippen molar-refractivity contribution >= 4 is 44.4 Å². The topological polar surface area (TPSA) is 42.0 Å². The molecule has 1 heterocycles. The number of nitrogens with zero attached hydrogens (tertiary/aromatic N) is 1. The van der Waals surface area contributed by atoms with Gasteiger partial charge in [-0.05, 0) is 55.3 Å². The zero-order valence-corrected chi connectivity index (χ0v) is 15.1. The fourth-order valence-corrected chi connectivity index (χ4v) is 4.05. The first kappa shape index (κ1) is 16.9. The molecular weight excluding hydrogens is 343 g/mol. The number of aryl methyl sites for hydroxylation is 2. The van der Waals surface area contributed by atoms with Crippen LogP contribution in [0.4, 0.5) is 9.52 Å². The number of rotatable bonds is 5. The molecule has 3 aromatic rings. The highest BCUT2D eigenvalue weighted by Crippen LogP contribution is 2.29. The first-order chi connectivity index (χ1) is 11.5. The van der Waals surface area contributed by atoms with Gasteiger partial charge in [0, 0.05) is 17.1 Å². The summed E-state index contributed by atoms with van der Waals surface area (Å²) in [5, 5.41) is 3.50. The van der Waals surface area contributed by atoms with Crippen LogP contribution in [0.5, 0.6) is 0 Å². The van der Waals surface area contributed by atoms with Crippen LogP contribution in [0.15, 0.2) is 41.3 Å². The largest absolute Gasteiger partial charge is 0.302 e. The summed E-state index contributed by atoms with van der Waals surface area (Å²) in [6.07, 6.45) is 0.385. The Kier molecular flexibility index (Phi) is 5.16. The molecule has 0 aliphatic carbocycles. The molecule has 0 saturated heterocycles. The number of hydrogen-bond acceptors (Lipinski definition) is 4. The van der Waals surface area contributed by atoms with Gasteiger partial charge in [-0.25, -0.2) is 9.37 Å². The Balaban J connectivity index is 1.57. The van der Waals surface area contributed by atoms with Crippen LogP contribution < -0.4 is 5.32 Å². The lowest BCUT2D eigenvalue weighted by Crippen LogP contribution is -2.11. The van der Waals surface area contributed by atoms with E-state index in [-0.39, 0.29) is 11.7 Å². The number of hydrogen-bond donors (Lipinski definition) is 1. The van der Waals surface area contributed by atoms with Crippen LogP contribution in [-0.2, 0) is 4.79 Å². The lowest BCUT2D eigenvalue weighted by Gasteiger charge is -2.02. The highest BCUT2D eigenvalue weighted by Gasteiger charge is 2.10. The van der Waals surface area contributed by atoms with Crippen LogP contribution in [-0.4, -0.2) is 16.6 Å². The van der Waals surface area contributed by atoms with E-state index in [1.54, 1.807) is 12.1 Å². The van der Waals surface area contributed by atoms with Gasteiger partial charge in [0.2, 0.25) is 5.91 Å². The molecule has 0 saturated carbocycles. The van der Waals surface area contributed by atoms with E-state index in [1.165, 1.54) is 40.8 Å². The monoisotopic (exact) mass is 360 g/mol. The van der Waals surface area contributed by atoms with Crippen molar-refractivity contribution in [2.75, 3.05) is 11.1 Å². The Hall–Kier alpha value is -1.92. The van der Waals surface area contributed by atoms with Gasteiger partial charge in [-0.15, -0.1) is 11.8 Å². The zero-order chi connectivity index (χ0) is 17.1. The molecule has 1 N–H and O–H groups in total. The molecule has 0 spiro atoms. The molecule has 0 unspecified atom stereocenters. The van der Waals surface area contributed by atoms with E-state index in [1.807, 2.05) is 13.0 Å². The molecular formula is C18H17FN2OS2. The smallest absolute Gasteiger partial charge is 0.226 e. The Morgan fingerprint density at radius 1 is 1.21 bits per heavy atom. The highest BCUT2D eigenvalue weighted by atomic mass is 32.2. The number of halogens is 1. The van der Waals surface area contributed by atoms with Gasteiger partial charge in [0.1, 0.15) is 5.82 Å². The number of anilines is 1. The summed E-state index contributed by atoms with van der Waals surface area (Å²) in [5.41, 5.74) is 3.30. The molecule has 0 fully saturated rings. The highest BCUT2D eigenvalue weighted by molar-refractivity contribution is 7.99. The number of carbonyl (C=O) groups excluding carboxylic acids is 1. The molecule has 3 rings (SSSR count). The van der Waals surface area contributed by atoms with Crippen LogP contribution in [0.2, 0.25) is 0 Å². The first-order valence-corrected chi connectivity index (χ1v) is 9.38. The minimum Gasteiger partial charge on any atom is -0.302 e. The summed E-state index contributed by atoms with van der Waals surface area (Å²) < 4.78 is 13.9. The maximum atomic E-state index is 12.8. The quantitative estimate of drug-likeness (QED) is 0.638. The van der Waals surface area contributed by atoms with Crippen molar-refractivity contribution in [3.63, 3.8) is 0 Å². The summed E-state index contributed by atoms with van der Waals surface area (Å²) in [6.45, 7) is 4.10. The number of nitrogens with one attached hydrogen (secondary N) is 1. The Morgan fingerprint density at radius 2 is 1.96 bits per heavy atom. The second-order valence-corrected chi connectivity index (χ2v) is 7.67. The number of fused-ring (bicyclic) bond motifs is 1. The average Bonchev–Trinajstić information content (AvgIpc) is 2.96. The molecule has 0 bridgehead atoms. The van der Waals surface area contributed by atoms with Crippen LogP contribution in [0.3, 0.4) is 0 Å². The second-order valence-electron chi connectivity index (χ2n) is 5.47. The molecule has 6 heteroatoms. The SMILES string of the molecule is Cc1ccc2sc(NC(=O)CCSc3ccc(F)cc3)nc2c1C. The summed E-state index contributed by atoms with van der Waals surface area (Å²) in [6, 6.07) is 10.4. The van der Waals surface area contributed by atoms with Gasteiger partial charge in [-0.2, -0.15) is 0 Å². The molecule has 2 aromatic carbocycles. The van der Waals surface area contributed by atoms with Crippen molar-refractivity contribution in [2.45, 2.75) is 25.2 Å². The van der Waals surface area contributed by atoms with E-state index < -0.39 is 0 Å². The van der Waals surface area contributed by atoms with Crippen molar-refractivity contribution in [3.8, 4) is 0 Å². The molecule has 1 aromatic heterocycles. The number of thiazole rings is 1. The van der Waals surface area contributed by atoms with Crippen LogP contribution in [0.1, 0.15) is 17.5 Å². The van der Waals surface area contributed by atoms with Crippen molar-refractivity contribution in [2.24, 2.45) is 0 Å². The van der Waals surface area contributed by atoms with Crippen molar-refractivity contribution in [1.29, 1.82) is 0 Å². The predicted octanol–water partition coefficient (Wildman–Crippen LogP) is 5.17. The predicted molar refractivity (Wildman–Crippen MR) is 99.5 cm³/mol. The Bertz CT molecular complexity index is 875. The van der Waals surface area contributed by atoms with Gasteiger partial charge in [0.25, 0.3) is 0 Å². The maximum absolute atomic E-state index is 12.8.